The number of nitrogens with two attached hydrogens (primary N) is 1. The van der Waals surface area contributed by atoms with Crippen LogP contribution in [0.3, 0.4) is 0 Å². The molecule has 2 aliphatic heterocycles. The fourth-order valence-electron chi connectivity index (χ4n) is 2.54. The molecule has 10 atom stereocenters. The SMILES string of the molecule is N[C@@H]1[C@@H](O)[C@H](O)[C@@H](O[C@@H]2O[C@H](CO)[C@@H](O)[C@H](O)[C@H]2O)O[C@H]1CO. The Morgan fingerprint density at radius 1 is 0.696 bits per heavy atom. The first-order valence-electron chi connectivity index (χ1n) is 7.15. The van der Waals surface area contributed by atoms with Gasteiger partial charge in [0.25, 0.3) is 0 Å². The first-order valence-corrected chi connectivity index (χ1v) is 7.15. The summed E-state index contributed by atoms with van der Waals surface area (Å²) in [5, 5.41) is 67.2. The molecule has 11 nitrogen and oxygen atoms in total. The molecule has 0 unspecified atom stereocenters. The highest BCUT2D eigenvalue weighted by atomic mass is 16.8. The van der Waals surface area contributed by atoms with Gasteiger partial charge in [0.15, 0.2) is 12.6 Å². The van der Waals surface area contributed by atoms with E-state index in [9.17, 15) is 25.5 Å². The van der Waals surface area contributed by atoms with E-state index in [1.807, 2.05) is 0 Å². The fourth-order valence-corrected chi connectivity index (χ4v) is 2.54. The Bertz CT molecular complexity index is 349. The molecular formula is C12H23NO10. The normalized spacial score (nSPS) is 51.7. The average molecular weight is 341 g/mol. The van der Waals surface area contributed by atoms with E-state index in [2.05, 4.69) is 0 Å². The first-order chi connectivity index (χ1) is 10.8. The second kappa shape index (κ2) is 7.63. The molecule has 0 aliphatic carbocycles. The zero-order valence-corrected chi connectivity index (χ0v) is 12.1. The van der Waals surface area contributed by atoms with Crippen LogP contribution in [-0.2, 0) is 14.2 Å². The number of hydrogen-bond acceptors (Lipinski definition) is 11. The van der Waals surface area contributed by atoms with Crippen LogP contribution in [0.4, 0.5) is 0 Å². The summed E-state index contributed by atoms with van der Waals surface area (Å²) in [5.41, 5.74) is 5.59. The fraction of sp³-hybridized carbons (Fsp3) is 1.00. The Labute approximate surface area is 131 Å². The molecule has 9 N–H and O–H groups in total. The average Bonchev–Trinajstić information content (AvgIpc) is 2.55. The number of aliphatic hydroxyl groups is 7. The van der Waals surface area contributed by atoms with E-state index in [4.69, 9.17) is 30.2 Å². The van der Waals surface area contributed by atoms with Crippen molar-refractivity contribution in [2.75, 3.05) is 13.2 Å². The predicted octanol–water partition coefficient (Wildman–Crippen LogP) is -5.43. The summed E-state index contributed by atoms with van der Waals surface area (Å²) < 4.78 is 15.5. The Hall–Kier alpha value is -0.440. The van der Waals surface area contributed by atoms with Crippen molar-refractivity contribution in [1.82, 2.24) is 0 Å². The molecule has 0 aromatic carbocycles. The van der Waals surface area contributed by atoms with Crippen molar-refractivity contribution in [1.29, 1.82) is 0 Å². The van der Waals surface area contributed by atoms with E-state index < -0.39 is 74.6 Å². The van der Waals surface area contributed by atoms with Gasteiger partial charge in [0.1, 0.15) is 42.7 Å². The summed E-state index contributed by atoms with van der Waals surface area (Å²) in [7, 11) is 0. The molecule has 0 saturated carbocycles. The maximum absolute atomic E-state index is 9.92. The lowest BCUT2D eigenvalue weighted by Crippen LogP contribution is -2.65. The van der Waals surface area contributed by atoms with Crippen molar-refractivity contribution in [2.45, 2.75) is 61.3 Å². The summed E-state index contributed by atoms with van der Waals surface area (Å²) in [6.07, 6.45) is -13.2. The van der Waals surface area contributed by atoms with Gasteiger partial charge in [-0.05, 0) is 0 Å². The van der Waals surface area contributed by atoms with E-state index in [0.717, 1.165) is 0 Å². The van der Waals surface area contributed by atoms with Gasteiger partial charge >= 0.3 is 0 Å². The van der Waals surface area contributed by atoms with E-state index in [-0.39, 0.29) is 0 Å². The first kappa shape index (κ1) is 18.9. The second-order valence-corrected chi connectivity index (χ2v) is 5.62. The Morgan fingerprint density at radius 2 is 1.17 bits per heavy atom. The van der Waals surface area contributed by atoms with Crippen LogP contribution in [0.2, 0.25) is 0 Å². The monoisotopic (exact) mass is 341 g/mol. The van der Waals surface area contributed by atoms with Gasteiger partial charge < -0.3 is 55.7 Å². The minimum Gasteiger partial charge on any atom is -0.394 e. The van der Waals surface area contributed by atoms with E-state index in [1.54, 1.807) is 0 Å². The molecule has 0 radical (unpaired) electrons. The number of rotatable bonds is 4. The van der Waals surface area contributed by atoms with Crippen molar-refractivity contribution in [3.05, 3.63) is 0 Å². The van der Waals surface area contributed by atoms with Crippen molar-refractivity contribution in [3.8, 4) is 0 Å². The number of aliphatic hydroxyl groups excluding tert-OH is 7. The zero-order chi connectivity index (χ0) is 17.3. The van der Waals surface area contributed by atoms with Crippen molar-refractivity contribution in [3.63, 3.8) is 0 Å². The van der Waals surface area contributed by atoms with Crippen LogP contribution in [0.1, 0.15) is 0 Å². The Kier molecular flexibility index (Phi) is 6.27. The Balaban J connectivity index is 2.07. The van der Waals surface area contributed by atoms with Gasteiger partial charge in [0, 0.05) is 0 Å². The lowest BCUT2D eigenvalue weighted by molar-refractivity contribution is -0.369. The second-order valence-electron chi connectivity index (χ2n) is 5.62. The van der Waals surface area contributed by atoms with Gasteiger partial charge in [-0.3, -0.25) is 0 Å². The predicted molar refractivity (Wildman–Crippen MR) is 70.6 cm³/mol. The summed E-state index contributed by atoms with van der Waals surface area (Å²) in [6, 6.07) is -1.05. The molecule has 2 saturated heterocycles. The van der Waals surface area contributed by atoms with Gasteiger partial charge in [0.05, 0.1) is 19.3 Å². The lowest BCUT2D eigenvalue weighted by atomic mass is 9.97. The molecule has 0 bridgehead atoms. The third kappa shape index (κ3) is 3.65. The maximum Gasteiger partial charge on any atom is 0.189 e. The molecule has 2 heterocycles. The molecule has 136 valence electrons. The van der Waals surface area contributed by atoms with Crippen LogP contribution >= 0.6 is 0 Å². The summed E-state index contributed by atoms with van der Waals surface area (Å²) >= 11 is 0. The van der Waals surface area contributed by atoms with Gasteiger partial charge in [-0.1, -0.05) is 0 Å². The minimum absolute atomic E-state index is 0.542. The molecule has 0 aromatic rings. The quantitative estimate of drug-likeness (QED) is 0.243. The topological polar surface area (TPSA) is 195 Å². The van der Waals surface area contributed by atoms with Gasteiger partial charge in [-0.15, -0.1) is 0 Å². The lowest BCUT2D eigenvalue weighted by Gasteiger charge is -2.44. The Morgan fingerprint density at radius 3 is 1.70 bits per heavy atom. The van der Waals surface area contributed by atoms with E-state index in [1.165, 1.54) is 0 Å². The maximum atomic E-state index is 9.92. The summed E-state index contributed by atoms with van der Waals surface area (Å²) in [5.74, 6) is 0. The van der Waals surface area contributed by atoms with Crippen LogP contribution in [0.5, 0.6) is 0 Å². The molecule has 2 aliphatic rings. The molecular weight excluding hydrogens is 318 g/mol. The van der Waals surface area contributed by atoms with Crippen LogP contribution in [0, 0.1) is 0 Å². The molecule has 2 fully saturated rings. The standard InChI is InChI=1S/C12H23NO10/c13-5-3(1-14)21-11(9(19)7(5)17)23-12-10(20)8(18)6(16)4(2-15)22-12/h3-12,14-20H,1-2,13H2/t3-,4+,5-,6+,7+,8-,9-,10+,11+,12-/m0/s1. The summed E-state index contributed by atoms with van der Waals surface area (Å²) in [6.45, 7) is -1.19. The largest absolute Gasteiger partial charge is 0.394 e. The van der Waals surface area contributed by atoms with Gasteiger partial charge in [0.2, 0.25) is 0 Å². The van der Waals surface area contributed by atoms with Crippen LogP contribution in [0.25, 0.3) is 0 Å². The molecule has 11 heteroatoms. The smallest absolute Gasteiger partial charge is 0.189 e. The number of ether oxygens (including phenoxy) is 3. The zero-order valence-electron chi connectivity index (χ0n) is 12.1. The van der Waals surface area contributed by atoms with E-state index >= 15 is 0 Å². The molecule has 23 heavy (non-hydrogen) atoms. The van der Waals surface area contributed by atoms with Crippen molar-refractivity contribution in [2.24, 2.45) is 5.73 Å². The highest BCUT2D eigenvalue weighted by molar-refractivity contribution is 4.93. The highest BCUT2D eigenvalue weighted by Crippen LogP contribution is 2.27. The van der Waals surface area contributed by atoms with Crippen molar-refractivity contribution >= 4 is 0 Å². The third-order valence-electron chi connectivity index (χ3n) is 4.06. The number of hydrogen-bond donors (Lipinski definition) is 8. The molecule has 0 amide bonds. The highest BCUT2D eigenvalue weighted by Gasteiger charge is 2.49. The van der Waals surface area contributed by atoms with Crippen molar-refractivity contribution < 1.29 is 50.0 Å². The van der Waals surface area contributed by atoms with Crippen LogP contribution < -0.4 is 5.73 Å². The van der Waals surface area contributed by atoms with Crippen LogP contribution in [-0.4, -0.2) is 110 Å². The molecule has 0 spiro atoms. The molecule has 0 aromatic heterocycles. The van der Waals surface area contributed by atoms with Gasteiger partial charge in [-0.25, -0.2) is 0 Å². The summed E-state index contributed by atoms with van der Waals surface area (Å²) in [4.78, 5) is 0. The van der Waals surface area contributed by atoms with E-state index in [0.29, 0.717) is 0 Å². The van der Waals surface area contributed by atoms with Gasteiger partial charge in [-0.2, -0.15) is 0 Å². The minimum atomic E-state index is -1.69. The van der Waals surface area contributed by atoms with Crippen LogP contribution in [0.15, 0.2) is 0 Å². The third-order valence-corrected chi connectivity index (χ3v) is 4.06. The molecule has 2 rings (SSSR count).